The summed E-state index contributed by atoms with van der Waals surface area (Å²) in [4.78, 5) is 5.34. The van der Waals surface area contributed by atoms with Gasteiger partial charge in [-0.15, -0.1) is 0 Å². The number of rotatable bonds is 2. The Morgan fingerprint density at radius 2 is 1.20 bits per heavy atom. The lowest BCUT2D eigenvalue weighted by molar-refractivity contribution is 0.195. The molecule has 2 atom stereocenters. The third-order valence-electron chi connectivity index (χ3n) is 12.9. The fourth-order valence-electron chi connectivity index (χ4n) is 10.4. The van der Waals surface area contributed by atoms with E-state index in [1.807, 2.05) is 0 Å². The number of para-hydroxylation sites is 1. The Balaban J connectivity index is 1.24. The minimum Gasteiger partial charge on any atom is -0.334 e. The van der Waals surface area contributed by atoms with Gasteiger partial charge in [-0.3, -0.25) is 0 Å². The van der Waals surface area contributed by atoms with Gasteiger partial charge in [0.15, 0.2) is 0 Å². The predicted octanol–water partition coefficient (Wildman–Crippen LogP) is 10.0. The van der Waals surface area contributed by atoms with Crippen LogP contribution in [0.2, 0.25) is 0 Å². The van der Waals surface area contributed by atoms with E-state index in [1.54, 1.807) is 0 Å². The summed E-state index contributed by atoms with van der Waals surface area (Å²) in [5.41, 5.74) is 15.1. The van der Waals surface area contributed by atoms with Crippen molar-refractivity contribution in [1.82, 2.24) is 0 Å². The third kappa shape index (κ3) is 3.53. The molecule has 2 nitrogen and oxygen atoms in total. The molecule has 1 saturated carbocycles. The Morgan fingerprint density at radius 3 is 2.06 bits per heavy atom. The summed E-state index contributed by atoms with van der Waals surface area (Å²) in [5.74, 6) is 0. The van der Waals surface area contributed by atoms with Gasteiger partial charge in [0.25, 0.3) is 0 Å². The average molecular weight is 629 g/mol. The molecular formula is C46H37BN2. The van der Waals surface area contributed by atoms with Crippen LogP contribution in [0.1, 0.15) is 45.1 Å². The Labute approximate surface area is 288 Å². The van der Waals surface area contributed by atoms with Crippen molar-refractivity contribution < 1.29 is 0 Å². The molecule has 11 rings (SSSR count). The van der Waals surface area contributed by atoms with Gasteiger partial charge in [-0.25, -0.2) is 0 Å². The summed E-state index contributed by atoms with van der Waals surface area (Å²) < 4.78 is 0. The van der Waals surface area contributed by atoms with Crippen molar-refractivity contribution in [3.05, 3.63) is 145 Å². The van der Waals surface area contributed by atoms with Crippen molar-refractivity contribution >= 4 is 73.1 Å². The highest BCUT2D eigenvalue weighted by molar-refractivity contribution is 7.01. The van der Waals surface area contributed by atoms with Crippen molar-refractivity contribution in [2.45, 2.75) is 50.5 Å². The fourth-order valence-corrected chi connectivity index (χ4v) is 10.4. The first-order valence-corrected chi connectivity index (χ1v) is 18.0. The van der Waals surface area contributed by atoms with Crippen LogP contribution in [0.3, 0.4) is 0 Å². The van der Waals surface area contributed by atoms with E-state index < -0.39 is 0 Å². The first kappa shape index (κ1) is 27.7. The molecule has 0 N–H and O–H groups in total. The zero-order valence-electron chi connectivity index (χ0n) is 28.1. The van der Waals surface area contributed by atoms with Crippen molar-refractivity contribution in [3.8, 4) is 11.1 Å². The highest BCUT2D eigenvalue weighted by atomic mass is 15.3. The molecule has 0 spiro atoms. The molecule has 1 fully saturated rings. The van der Waals surface area contributed by atoms with Crippen LogP contribution in [-0.4, -0.2) is 12.3 Å². The van der Waals surface area contributed by atoms with Gasteiger partial charge in [-0.2, -0.15) is 0 Å². The number of fused-ring (bicyclic) bond motifs is 10. The van der Waals surface area contributed by atoms with Crippen molar-refractivity contribution in [2.75, 3.05) is 9.80 Å². The second-order valence-corrected chi connectivity index (χ2v) is 15.2. The molecule has 2 unspecified atom stereocenters. The van der Waals surface area contributed by atoms with Crippen LogP contribution < -0.4 is 26.2 Å². The van der Waals surface area contributed by atoms with Crippen LogP contribution in [0.25, 0.3) is 32.7 Å². The Hall–Kier alpha value is -5.28. The quantitative estimate of drug-likeness (QED) is 0.176. The average Bonchev–Trinajstić information content (AvgIpc) is 3.58. The smallest absolute Gasteiger partial charge is 0.248 e. The molecule has 3 aliphatic heterocycles. The van der Waals surface area contributed by atoms with Crippen LogP contribution in [0.15, 0.2) is 140 Å². The predicted molar refractivity (Wildman–Crippen MR) is 209 cm³/mol. The van der Waals surface area contributed by atoms with Crippen LogP contribution in [0.4, 0.5) is 28.4 Å². The summed E-state index contributed by atoms with van der Waals surface area (Å²) in [6.07, 6.45) is 4.97. The maximum Gasteiger partial charge on any atom is 0.248 e. The monoisotopic (exact) mass is 628 g/mol. The first-order chi connectivity index (χ1) is 24.0. The number of anilines is 5. The summed E-state index contributed by atoms with van der Waals surface area (Å²) in [5, 5.41) is 5.10. The normalized spacial score (nSPS) is 21.4. The van der Waals surface area contributed by atoms with Crippen LogP contribution in [-0.2, 0) is 5.41 Å². The van der Waals surface area contributed by atoms with E-state index in [9.17, 15) is 0 Å². The highest BCUT2D eigenvalue weighted by Gasteiger charge is 2.58. The molecule has 7 aromatic rings. The van der Waals surface area contributed by atoms with E-state index in [2.05, 4.69) is 163 Å². The van der Waals surface area contributed by atoms with Gasteiger partial charge in [-0.05, 0) is 105 Å². The van der Waals surface area contributed by atoms with Gasteiger partial charge in [0.05, 0.1) is 5.54 Å². The van der Waals surface area contributed by atoms with E-state index in [-0.39, 0.29) is 17.7 Å². The molecular weight excluding hydrogens is 591 g/mol. The number of hydrogen-bond donors (Lipinski definition) is 0. The fraction of sp³-hybridized carbons (Fsp3) is 0.174. The van der Waals surface area contributed by atoms with E-state index in [0.29, 0.717) is 0 Å². The van der Waals surface area contributed by atoms with Crippen molar-refractivity contribution in [1.29, 1.82) is 0 Å². The largest absolute Gasteiger partial charge is 0.334 e. The summed E-state index contributed by atoms with van der Waals surface area (Å²) in [7, 11) is 0. The SMILES string of the molecule is CC12CCCCC1(C)N(c1cc3c4c(c1)N(c1ccc5ccccc5c1)c1cc5ccccc5cc1B4c1ccccc1-3)c1ccccc12. The number of benzene rings is 7. The minimum atomic E-state index is -0.00995. The number of nitrogens with zero attached hydrogens (tertiary/aromatic N) is 2. The lowest BCUT2D eigenvalue weighted by atomic mass is 9.37. The van der Waals surface area contributed by atoms with E-state index in [0.717, 1.165) is 0 Å². The molecule has 1 aliphatic carbocycles. The molecule has 234 valence electrons. The lowest BCUT2D eigenvalue weighted by Gasteiger charge is -2.50. The molecule has 7 aromatic carbocycles. The molecule has 0 radical (unpaired) electrons. The minimum absolute atomic E-state index is 0.00995. The van der Waals surface area contributed by atoms with Gasteiger partial charge >= 0.3 is 0 Å². The van der Waals surface area contributed by atoms with Gasteiger partial charge < -0.3 is 9.80 Å². The standard InChI is InChI=1S/C46H37BN2/c1-45-23-11-12-24-46(45,2)49(41-20-10-8-18-38(41)45)35-28-37-36-17-7-9-19-39(36)47-40-26-32-15-5-6-16-33(32)27-42(40)48(43(29-35)44(37)47)34-22-21-30-13-3-4-14-31(30)25-34/h3-10,13-22,25-29H,11-12,23-24H2,1-2H3. The summed E-state index contributed by atoms with van der Waals surface area (Å²) in [6, 6.07) is 53.1. The van der Waals surface area contributed by atoms with Crippen LogP contribution in [0, 0.1) is 0 Å². The molecule has 0 aromatic heterocycles. The van der Waals surface area contributed by atoms with Gasteiger partial charge in [0.2, 0.25) is 6.71 Å². The van der Waals surface area contributed by atoms with Crippen LogP contribution in [0.5, 0.6) is 0 Å². The topological polar surface area (TPSA) is 6.48 Å². The molecule has 4 aliphatic rings. The molecule has 3 heteroatoms. The second kappa shape index (κ2) is 9.67. The highest BCUT2D eigenvalue weighted by Crippen LogP contribution is 2.61. The van der Waals surface area contributed by atoms with E-state index in [4.69, 9.17) is 0 Å². The zero-order valence-corrected chi connectivity index (χ0v) is 28.1. The van der Waals surface area contributed by atoms with Crippen molar-refractivity contribution in [3.63, 3.8) is 0 Å². The van der Waals surface area contributed by atoms with E-state index >= 15 is 0 Å². The summed E-state index contributed by atoms with van der Waals surface area (Å²) >= 11 is 0. The Kier molecular flexibility index (Phi) is 5.45. The molecule has 0 bridgehead atoms. The molecule has 0 amide bonds. The van der Waals surface area contributed by atoms with Crippen LogP contribution >= 0.6 is 0 Å². The number of hydrogen-bond acceptors (Lipinski definition) is 2. The molecule has 49 heavy (non-hydrogen) atoms. The van der Waals surface area contributed by atoms with Gasteiger partial charge in [-0.1, -0.05) is 128 Å². The lowest BCUT2D eigenvalue weighted by Crippen LogP contribution is -2.55. The van der Waals surface area contributed by atoms with Gasteiger partial charge in [0.1, 0.15) is 0 Å². The maximum atomic E-state index is 2.75. The maximum absolute atomic E-state index is 2.75. The second-order valence-electron chi connectivity index (χ2n) is 15.2. The Morgan fingerprint density at radius 1 is 0.510 bits per heavy atom. The zero-order chi connectivity index (χ0) is 32.5. The molecule has 0 saturated heterocycles. The van der Waals surface area contributed by atoms with Gasteiger partial charge in [0, 0.05) is 33.9 Å². The van der Waals surface area contributed by atoms with E-state index in [1.165, 1.54) is 109 Å². The Bertz CT molecular complexity index is 2530. The first-order valence-electron chi connectivity index (χ1n) is 18.0. The van der Waals surface area contributed by atoms with Crippen molar-refractivity contribution in [2.24, 2.45) is 0 Å². The molecule has 3 heterocycles. The summed E-state index contributed by atoms with van der Waals surface area (Å²) in [6.45, 7) is 5.27. The third-order valence-corrected chi connectivity index (χ3v) is 12.9.